The quantitative estimate of drug-likeness (QED) is 0.894. The Balaban J connectivity index is 2.05. The Bertz CT molecular complexity index is 664. The van der Waals surface area contributed by atoms with Gasteiger partial charge in [0.15, 0.2) is 0 Å². The fraction of sp³-hybridized carbons (Fsp3) is 0.308. The zero-order chi connectivity index (χ0) is 15.6. The minimum Gasteiger partial charge on any atom is -0.384 e. The van der Waals surface area contributed by atoms with Crippen LogP contribution in [0.1, 0.15) is 19.5 Å². The molecule has 0 atom stereocenters. The summed E-state index contributed by atoms with van der Waals surface area (Å²) in [6.45, 7) is 2.83. The average molecular weight is 296 g/mol. The molecule has 0 aliphatic rings. The van der Waals surface area contributed by atoms with E-state index in [-0.39, 0.29) is 12.2 Å². The Hall–Kier alpha value is -2.35. The molecule has 0 aliphatic heterocycles. The number of hydrogen-bond acceptors (Lipinski definition) is 4. The third-order valence-electron chi connectivity index (χ3n) is 2.67. The number of anilines is 1. The fourth-order valence-corrected chi connectivity index (χ4v) is 1.59. The Kier molecular flexibility index (Phi) is 3.99. The summed E-state index contributed by atoms with van der Waals surface area (Å²) in [7, 11) is 0. The van der Waals surface area contributed by atoms with Gasteiger partial charge in [-0.25, -0.2) is 13.5 Å². The molecule has 0 bridgehead atoms. The van der Waals surface area contributed by atoms with Crippen molar-refractivity contribution < 1.29 is 18.7 Å². The number of aliphatic hydroxyl groups is 1. The van der Waals surface area contributed by atoms with Gasteiger partial charge in [0.25, 0.3) is 0 Å². The van der Waals surface area contributed by atoms with Crippen LogP contribution in [0.2, 0.25) is 0 Å². The van der Waals surface area contributed by atoms with Crippen molar-refractivity contribution in [2.45, 2.75) is 26.0 Å². The van der Waals surface area contributed by atoms with Crippen molar-refractivity contribution >= 4 is 11.6 Å². The van der Waals surface area contributed by atoms with Gasteiger partial charge in [-0.05, 0) is 26.0 Å². The second-order valence-corrected chi connectivity index (χ2v) is 5.03. The smallest absolute Gasteiger partial charge is 0.246 e. The minimum atomic E-state index is -1.18. The molecular formula is C13H14F2N4O2. The molecule has 6 nitrogen and oxygen atoms in total. The van der Waals surface area contributed by atoms with E-state index in [0.717, 1.165) is 18.2 Å². The van der Waals surface area contributed by atoms with E-state index in [9.17, 15) is 18.7 Å². The van der Waals surface area contributed by atoms with Crippen molar-refractivity contribution in [3.8, 4) is 0 Å². The van der Waals surface area contributed by atoms with Gasteiger partial charge >= 0.3 is 0 Å². The lowest BCUT2D eigenvalue weighted by atomic mass is 10.1. The van der Waals surface area contributed by atoms with Crippen LogP contribution in [0.4, 0.5) is 14.5 Å². The van der Waals surface area contributed by atoms with E-state index in [1.165, 1.54) is 24.7 Å². The number of halogens is 2. The highest BCUT2D eigenvalue weighted by Crippen LogP contribution is 2.17. The van der Waals surface area contributed by atoms with E-state index in [0.29, 0.717) is 5.69 Å². The first-order valence-corrected chi connectivity index (χ1v) is 6.13. The number of hydrogen-bond donors (Lipinski definition) is 2. The maximum atomic E-state index is 13.4. The largest absolute Gasteiger partial charge is 0.384 e. The molecule has 2 N–H and O–H groups in total. The summed E-state index contributed by atoms with van der Waals surface area (Å²) in [5.74, 6) is -1.98. The van der Waals surface area contributed by atoms with Gasteiger partial charge in [0.2, 0.25) is 5.91 Å². The van der Waals surface area contributed by atoms with Crippen molar-refractivity contribution in [2.75, 3.05) is 5.32 Å². The van der Waals surface area contributed by atoms with Crippen LogP contribution < -0.4 is 5.32 Å². The summed E-state index contributed by atoms with van der Waals surface area (Å²) in [6.07, 6.45) is 1.40. The highest BCUT2D eigenvalue weighted by atomic mass is 19.1. The zero-order valence-corrected chi connectivity index (χ0v) is 11.5. The number of amides is 1. The summed E-state index contributed by atoms with van der Waals surface area (Å²) in [5, 5.41) is 19.4. The lowest BCUT2D eigenvalue weighted by molar-refractivity contribution is -0.117. The van der Waals surface area contributed by atoms with Crippen LogP contribution in [-0.4, -0.2) is 26.0 Å². The number of carbonyl (C=O) groups excluding carboxylic acids is 1. The molecule has 0 spiro atoms. The van der Waals surface area contributed by atoms with Crippen LogP contribution in [-0.2, 0) is 16.9 Å². The summed E-state index contributed by atoms with van der Waals surface area (Å²) < 4.78 is 27.6. The molecule has 1 aromatic heterocycles. The number of benzene rings is 1. The second kappa shape index (κ2) is 5.57. The first-order chi connectivity index (χ1) is 9.75. The predicted octanol–water partition coefficient (Wildman–Crippen LogP) is 1.42. The van der Waals surface area contributed by atoms with Gasteiger partial charge in [0.05, 0.1) is 11.9 Å². The molecule has 1 heterocycles. The summed E-state index contributed by atoms with van der Waals surface area (Å²) in [4.78, 5) is 11.8. The normalized spacial score (nSPS) is 11.5. The third kappa shape index (κ3) is 3.82. The van der Waals surface area contributed by atoms with Crippen LogP contribution in [0.5, 0.6) is 0 Å². The first-order valence-electron chi connectivity index (χ1n) is 6.13. The molecular weight excluding hydrogens is 282 g/mol. The van der Waals surface area contributed by atoms with Gasteiger partial charge in [-0.2, -0.15) is 0 Å². The lowest BCUT2D eigenvalue weighted by Gasteiger charge is -2.11. The number of rotatable bonds is 4. The standard InChI is InChI=1S/C13H14F2N4O2/c1-13(2,21)11-6-19(18-17-11)7-12(20)16-10-5-8(14)3-4-9(10)15/h3-6,21H,7H2,1-2H3,(H,16,20). The second-order valence-electron chi connectivity index (χ2n) is 5.03. The highest BCUT2D eigenvalue weighted by Gasteiger charge is 2.20. The first kappa shape index (κ1) is 15.0. The summed E-state index contributed by atoms with van der Waals surface area (Å²) in [6, 6.07) is 2.77. The molecule has 0 aliphatic carbocycles. The number of nitrogens with one attached hydrogen (secondary N) is 1. The van der Waals surface area contributed by atoms with Crippen LogP contribution in [0.15, 0.2) is 24.4 Å². The molecule has 2 rings (SSSR count). The molecule has 1 aromatic carbocycles. The van der Waals surface area contributed by atoms with E-state index in [4.69, 9.17) is 0 Å². The average Bonchev–Trinajstić information content (AvgIpc) is 2.82. The molecule has 0 unspecified atom stereocenters. The van der Waals surface area contributed by atoms with Gasteiger partial charge in [-0.1, -0.05) is 5.21 Å². The Labute approximate surface area is 119 Å². The number of aromatic nitrogens is 3. The molecule has 0 fully saturated rings. The van der Waals surface area contributed by atoms with Gasteiger partial charge in [0, 0.05) is 6.07 Å². The Morgan fingerprint density at radius 1 is 1.43 bits per heavy atom. The van der Waals surface area contributed by atoms with E-state index < -0.39 is 23.1 Å². The maximum absolute atomic E-state index is 13.4. The van der Waals surface area contributed by atoms with Crippen LogP contribution in [0.3, 0.4) is 0 Å². The van der Waals surface area contributed by atoms with Crippen molar-refractivity contribution in [1.29, 1.82) is 0 Å². The van der Waals surface area contributed by atoms with E-state index in [1.54, 1.807) is 0 Å². The van der Waals surface area contributed by atoms with Crippen molar-refractivity contribution in [3.63, 3.8) is 0 Å². The maximum Gasteiger partial charge on any atom is 0.246 e. The van der Waals surface area contributed by atoms with Gasteiger partial charge in [-0.3, -0.25) is 4.79 Å². The van der Waals surface area contributed by atoms with Gasteiger partial charge in [-0.15, -0.1) is 5.10 Å². The SMILES string of the molecule is CC(C)(O)c1cn(CC(=O)Nc2cc(F)ccc2F)nn1. The minimum absolute atomic E-state index is 0.237. The Morgan fingerprint density at radius 2 is 2.14 bits per heavy atom. The molecule has 21 heavy (non-hydrogen) atoms. The summed E-state index contributed by atoms with van der Waals surface area (Å²) in [5.41, 5.74) is -1.13. The zero-order valence-electron chi connectivity index (χ0n) is 11.5. The molecule has 0 radical (unpaired) electrons. The van der Waals surface area contributed by atoms with Crippen molar-refractivity contribution in [1.82, 2.24) is 15.0 Å². The van der Waals surface area contributed by atoms with E-state index >= 15 is 0 Å². The van der Waals surface area contributed by atoms with Crippen LogP contribution in [0, 0.1) is 11.6 Å². The molecule has 112 valence electrons. The topological polar surface area (TPSA) is 80.0 Å². The van der Waals surface area contributed by atoms with Crippen LogP contribution in [0.25, 0.3) is 0 Å². The summed E-state index contributed by atoms with van der Waals surface area (Å²) >= 11 is 0. The lowest BCUT2D eigenvalue weighted by Crippen LogP contribution is -2.20. The third-order valence-corrected chi connectivity index (χ3v) is 2.67. The van der Waals surface area contributed by atoms with E-state index in [1.807, 2.05) is 0 Å². The molecule has 1 amide bonds. The fourth-order valence-electron chi connectivity index (χ4n) is 1.59. The molecule has 0 saturated carbocycles. The molecule has 8 heteroatoms. The van der Waals surface area contributed by atoms with E-state index in [2.05, 4.69) is 15.6 Å². The van der Waals surface area contributed by atoms with Gasteiger partial charge < -0.3 is 10.4 Å². The monoisotopic (exact) mass is 296 g/mol. The Morgan fingerprint density at radius 3 is 2.76 bits per heavy atom. The van der Waals surface area contributed by atoms with Crippen molar-refractivity contribution in [3.05, 3.63) is 41.7 Å². The number of nitrogens with zero attached hydrogens (tertiary/aromatic N) is 3. The van der Waals surface area contributed by atoms with Crippen molar-refractivity contribution in [2.24, 2.45) is 0 Å². The highest BCUT2D eigenvalue weighted by molar-refractivity contribution is 5.90. The number of carbonyl (C=O) groups is 1. The molecule has 0 saturated heterocycles. The van der Waals surface area contributed by atoms with Crippen LogP contribution >= 0.6 is 0 Å². The molecule has 2 aromatic rings. The predicted molar refractivity (Wildman–Crippen MR) is 70.3 cm³/mol. The van der Waals surface area contributed by atoms with Gasteiger partial charge in [0.1, 0.15) is 29.5 Å².